The van der Waals surface area contributed by atoms with Crippen molar-refractivity contribution in [1.82, 2.24) is 15.1 Å². The highest BCUT2D eigenvalue weighted by atomic mass is 19.1. The number of rotatable bonds is 4. The number of aliphatic hydroxyl groups is 1. The van der Waals surface area contributed by atoms with Gasteiger partial charge in [-0.2, -0.15) is 0 Å². The van der Waals surface area contributed by atoms with Gasteiger partial charge in [0.05, 0.1) is 6.61 Å². The maximum absolute atomic E-state index is 12.8. The van der Waals surface area contributed by atoms with Gasteiger partial charge >= 0.3 is 6.03 Å². The molecule has 1 aliphatic heterocycles. The van der Waals surface area contributed by atoms with Crippen LogP contribution >= 0.6 is 0 Å². The molecule has 0 aromatic heterocycles. The average Bonchev–Trinajstić information content (AvgIpc) is 2.47. The zero-order chi connectivity index (χ0) is 14.4. The van der Waals surface area contributed by atoms with E-state index in [0.29, 0.717) is 26.2 Å². The fourth-order valence-corrected chi connectivity index (χ4v) is 2.21. The number of aliphatic hydroxyl groups excluding tert-OH is 1. The van der Waals surface area contributed by atoms with Crippen molar-refractivity contribution in [3.63, 3.8) is 0 Å². The highest BCUT2D eigenvalue weighted by Crippen LogP contribution is 2.04. The molecule has 0 saturated carbocycles. The minimum absolute atomic E-state index is 0.0991. The summed E-state index contributed by atoms with van der Waals surface area (Å²) in [6, 6.07) is 5.99. The zero-order valence-electron chi connectivity index (χ0n) is 11.4. The van der Waals surface area contributed by atoms with Gasteiger partial charge in [0.15, 0.2) is 0 Å². The number of benzene rings is 1. The summed E-state index contributed by atoms with van der Waals surface area (Å²) >= 11 is 0. The number of hydrogen-bond acceptors (Lipinski definition) is 3. The molecular formula is C14H20FN3O2. The lowest BCUT2D eigenvalue weighted by molar-refractivity contribution is 0.122. The number of halogens is 1. The van der Waals surface area contributed by atoms with Gasteiger partial charge in [-0.25, -0.2) is 9.18 Å². The van der Waals surface area contributed by atoms with E-state index in [9.17, 15) is 9.18 Å². The monoisotopic (exact) mass is 281 g/mol. The van der Waals surface area contributed by atoms with Crippen LogP contribution in [0.3, 0.4) is 0 Å². The second kappa shape index (κ2) is 7.21. The number of nitrogens with one attached hydrogen (secondary N) is 1. The van der Waals surface area contributed by atoms with Gasteiger partial charge in [-0.15, -0.1) is 0 Å². The van der Waals surface area contributed by atoms with Gasteiger partial charge in [0.1, 0.15) is 5.82 Å². The van der Waals surface area contributed by atoms with Crippen LogP contribution < -0.4 is 5.32 Å². The minimum Gasteiger partial charge on any atom is -0.395 e. The van der Waals surface area contributed by atoms with Crippen molar-refractivity contribution in [1.29, 1.82) is 0 Å². The highest BCUT2D eigenvalue weighted by Gasteiger charge is 2.20. The fraction of sp³-hybridized carbons (Fsp3) is 0.500. The summed E-state index contributed by atoms with van der Waals surface area (Å²) in [4.78, 5) is 15.9. The summed E-state index contributed by atoms with van der Waals surface area (Å²) in [7, 11) is 0. The summed E-state index contributed by atoms with van der Waals surface area (Å²) < 4.78 is 12.8. The van der Waals surface area contributed by atoms with Crippen LogP contribution in [0.5, 0.6) is 0 Å². The van der Waals surface area contributed by atoms with Crippen LogP contribution in [0.25, 0.3) is 0 Å². The average molecular weight is 281 g/mol. The van der Waals surface area contributed by atoms with Crippen molar-refractivity contribution in [3.8, 4) is 0 Å². The first-order valence-electron chi connectivity index (χ1n) is 6.79. The number of β-amino-alcohol motifs (C(OH)–C–C–N with tert-alkyl or cyclic N) is 1. The van der Waals surface area contributed by atoms with E-state index in [1.54, 1.807) is 17.0 Å². The normalized spacial score (nSPS) is 16.2. The Morgan fingerprint density at radius 2 is 1.85 bits per heavy atom. The van der Waals surface area contributed by atoms with Gasteiger partial charge in [0.2, 0.25) is 0 Å². The highest BCUT2D eigenvalue weighted by molar-refractivity contribution is 5.74. The Bertz CT molecular complexity index is 431. The van der Waals surface area contributed by atoms with Crippen LogP contribution in [-0.2, 0) is 6.54 Å². The molecule has 0 bridgehead atoms. The molecule has 0 unspecified atom stereocenters. The summed E-state index contributed by atoms with van der Waals surface area (Å²) in [6.07, 6.45) is 0. The molecule has 1 aromatic carbocycles. The first kappa shape index (κ1) is 14.7. The van der Waals surface area contributed by atoms with Gasteiger partial charge in [0.25, 0.3) is 0 Å². The Balaban J connectivity index is 1.74. The van der Waals surface area contributed by atoms with E-state index in [4.69, 9.17) is 5.11 Å². The molecule has 0 spiro atoms. The topological polar surface area (TPSA) is 55.8 Å². The van der Waals surface area contributed by atoms with Gasteiger partial charge in [-0.1, -0.05) is 12.1 Å². The molecule has 2 amide bonds. The predicted molar refractivity (Wildman–Crippen MR) is 73.7 cm³/mol. The van der Waals surface area contributed by atoms with Gasteiger partial charge in [-0.3, -0.25) is 4.90 Å². The summed E-state index contributed by atoms with van der Waals surface area (Å²) in [5.41, 5.74) is 0.874. The predicted octanol–water partition coefficient (Wildman–Crippen LogP) is 0.645. The van der Waals surface area contributed by atoms with Gasteiger partial charge < -0.3 is 15.3 Å². The molecule has 2 N–H and O–H groups in total. The second-order valence-corrected chi connectivity index (χ2v) is 4.84. The van der Waals surface area contributed by atoms with Gasteiger partial charge in [0, 0.05) is 39.3 Å². The Hall–Kier alpha value is -1.66. The van der Waals surface area contributed by atoms with E-state index in [1.807, 2.05) is 0 Å². The lowest BCUT2D eigenvalue weighted by atomic mass is 10.2. The summed E-state index contributed by atoms with van der Waals surface area (Å²) in [6.45, 7) is 4.09. The lowest BCUT2D eigenvalue weighted by Crippen LogP contribution is -2.52. The fourth-order valence-electron chi connectivity index (χ4n) is 2.21. The minimum atomic E-state index is -0.278. The molecule has 1 fully saturated rings. The van der Waals surface area contributed by atoms with Gasteiger partial charge in [-0.05, 0) is 17.7 Å². The molecule has 1 aliphatic rings. The van der Waals surface area contributed by atoms with E-state index in [1.165, 1.54) is 12.1 Å². The Morgan fingerprint density at radius 1 is 1.20 bits per heavy atom. The third-order valence-electron chi connectivity index (χ3n) is 3.43. The summed E-state index contributed by atoms with van der Waals surface area (Å²) in [5, 5.41) is 11.7. The van der Waals surface area contributed by atoms with Crippen molar-refractivity contribution >= 4 is 6.03 Å². The number of urea groups is 1. The maximum Gasteiger partial charge on any atom is 0.317 e. The molecular weight excluding hydrogens is 261 g/mol. The number of nitrogens with zero attached hydrogens (tertiary/aromatic N) is 2. The Morgan fingerprint density at radius 3 is 2.45 bits per heavy atom. The molecule has 20 heavy (non-hydrogen) atoms. The molecule has 1 saturated heterocycles. The number of carbonyl (C=O) groups is 1. The molecule has 6 heteroatoms. The molecule has 1 heterocycles. The summed E-state index contributed by atoms with van der Waals surface area (Å²) in [5.74, 6) is -0.278. The molecule has 0 aliphatic carbocycles. The van der Waals surface area contributed by atoms with Crippen LogP contribution in [0.15, 0.2) is 24.3 Å². The zero-order valence-corrected chi connectivity index (χ0v) is 11.4. The number of hydrogen-bond donors (Lipinski definition) is 2. The van der Waals surface area contributed by atoms with Crippen LogP contribution in [-0.4, -0.2) is 60.3 Å². The molecule has 110 valence electrons. The van der Waals surface area contributed by atoms with E-state index in [-0.39, 0.29) is 18.5 Å². The number of amides is 2. The number of piperazine rings is 1. The standard InChI is InChI=1S/C14H20FN3O2/c15-13-3-1-12(2-4-13)11-16-14(20)18-7-5-17(6-8-18)9-10-19/h1-4,19H,5-11H2,(H,16,20). The third kappa shape index (κ3) is 4.18. The largest absolute Gasteiger partial charge is 0.395 e. The van der Waals surface area contributed by atoms with E-state index < -0.39 is 0 Å². The second-order valence-electron chi connectivity index (χ2n) is 4.84. The number of carbonyl (C=O) groups excluding carboxylic acids is 1. The van der Waals surface area contributed by atoms with Crippen molar-refractivity contribution in [2.24, 2.45) is 0 Å². The van der Waals surface area contributed by atoms with Crippen LogP contribution in [0, 0.1) is 5.82 Å². The van der Waals surface area contributed by atoms with Crippen LogP contribution in [0.2, 0.25) is 0 Å². The Labute approximate surface area is 118 Å². The molecule has 2 rings (SSSR count). The first-order valence-corrected chi connectivity index (χ1v) is 6.79. The van der Waals surface area contributed by atoms with E-state index >= 15 is 0 Å². The van der Waals surface area contributed by atoms with Crippen molar-refractivity contribution in [2.75, 3.05) is 39.3 Å². The quantitative estimate of drug-likeness (QED) is 0.852. The lowest BCUT2D eigenvalue weighted by Gasteiger charge is -2.34. The molecule has 0 radical (unpaired) electrons. The molecule has 0 atom stereocenters. The molecule has 5 nitrogen and oxygen atoms in total. The maximum atomic E-state index is 12.8. The third-order valence-corrected chi connectivity index (χ3v) is 3.43. The Kier molecular flexibility index (Phi) is 5.31. The van der Waals surface area contributed by atoms with E-state index in [2.05, 4.69) is 10.2 Å². The SMILES string of the molecule is O=C(NCc1ccc(F)cc1)N1CCN(CCO)CC1. The van der Waals surface area contributed by atoms with Crippen molar-refractivity contribution in [2.45, 2.75) is 6.54 Å². The van der Waals surface area contributed by atoms with Crippen LogP contribution in [0.1, 0.15) is 5.56 Å². The van der Waals surface area contributed by atoms with Crippen molar-refractivity contribution in [3.05, 3.63) is 35.6 Å². The van der Waals surface area contributed by atoms with Crippen molar-refractivity contribution < 1.29 is 14.3 Å². The smallest absolute Gasteiger partial charge is 0.317 e. The molecule has 1 aromatic rings. The van der Waals surface area contributed by atoms with Crippen LogP contribution in [0.4, 0.5) is 9.18 Å². The van der Waals surface area contributed by atoms with E-state index in [0.717, 1.165) is 18.7 Å². The first-order chi connectivity index (χ1) is 9.69.